The minimum atomic E-state index is -0.747. The molecule has 0 bridgehead atoms. The first-order chi connectivity index (χ1) is 14.6. The number of anilines is 1. The molecule has 0 radical (unpaired) electrons. The molecule has 0 spiro atoms. The van der Waals surface area contributed by atoms with Gasteiger partial charge in [-0.05, 0) is 30.7 Å². The van der Waals surface area contributed by atoms with Gasteiger partial charge in [-0.3, -0.25) is 4.79 Å². The topological polar surface area (TPSA) is 85.6 Å². The number of thiophene rings is 1. The van der Waals surface area contributed by atoms with E-state index in [1.54, 1.807) is 37.3 Å². The van der Waals surface area contributed by atoms with Gasteiger partial charge >= 0.3 is 11.6 Å². The maximum absolute atomic E-state index is 12.8. The van der Waals surface area contributed by atoms with E-state index in [4.69, 9.17) is 9.15 Å². The fourth-order valence-electron chi connectivity index (χ4n) is 2.98. The van der Waals surface area contributed by atoms with Crippen LogP contribution in [-0.2, 0) is 4.74 Å². The maximum Gasteiger partial charge on any atom is 0.349 e. The summed E-state index contributed by atoms with van der Waals surface area (Å²) >= 11 is 1.23. The number of para-hydroxylation sites is 1. The third-order valence-electron chi connectivity index (χ3n) is 4.40. The van der Waals surface area contributed by atoms with Crippen molar-refractivity contribution < 1.29 is 18.7 Å². The third kappa shape index (κ3) is 3.88. The van der Waals surface area contributed by atoms with Crippen molar-refractivity contribution in [1.29, 1.82) is 0 Å². The van der Waals surface area contributed by atoms with Crippen LogP contribution in [0, 0.1) is 0 Å². The number of hydrogen-bond donors (Lipinski definition) is 1. The van der Waals surface area contributed by atoms with E-state index in [2.05, 4.69) is 5.32 Å². The van der Waals surface area contributed by atoms with Gasteiger partial charge in [-0.15, -0.1) is 11.3 Å². The SMILES string of the molecule is CCOC(=O)c1cc(-c2ccccc2)sc1NC(=O)c1cc2ccccc2oc1=O. The normalized spacial score (nSPS) is 10.7. The molecule has 0 aliphatic carbocycles. The van der Waals surface area contributed by atoms with E-state index in [-0.39, 0.29) is 17.7 Å². The highest BCUT2D eigenvalue weighted by Crippen LogP contribution is 2.36. The average Bonchev–Trinajstić information content (AvgIpc) is 3.18. The summed E-state index contributed by atoms with van der Waals surface area (Å²) in [6, 6.07) is 19.6. The van der Waals surface area contributed by atoms with Gasteiger partial charge in [0.05, 0.1) is 12.2 Å². The van der Waals surface area contributed by atoms with Gasteiger partial charge in [0.1, 0.15) is 16.1 Å². The Morgan fingerprint density at radius 3 is 2.50 bits per heavy atom. The molecule has 0 saturated heterocycles. The molecule has 0 unspecified atom stereocenters. The fourth-order valence-corrected chi connectivity index (χ4v) is 4.03. The Hall–Kier alpha value is -3.71. The van der Waals surface area contributed by atoms with Crippen molar-refractivity contribution in [3.8, 4) is 10.4 Å². The van der Waals surface area contributed by atoms with Crippen molar-refractivity contribution in [2.24, 2.45) is 0 Å². The number of benzene rings is 2. The number of rotatable bonds is 5. The number of ether oxygens (including phenoxy) is 1. The molecule has 6 nitrogen and oxygen atoms in total. The van der Waals surface area contributed by atoms with Gasteiger partial charge in [0.25, 0.3) is 5.91 Å². The highest BCUT2D eigenvalue weighted by atomic mass is 32.1. The molecule has 0 fully saturated rings. The first-order valence-electron chi connectivity index (χ1n) is 9.27. The molecule has 7 heteroatoms. The second kappa shape index (κ2) is 8.34. The van der Waals surface area contributed by atoms with Crippen LogP contribution in [0.5, 0.6) is 0 Å². The molecule has 150 valence electrons. The monoisotopic (exact) mass is 419 g/mol. The zero-order valence-electron chi connectivity index (χ0n) is 16.0. The molecule has 4 aromatic rings. The van der Waals surface area contributed by atoms with Crippen molar-refractivity contribution >= 4 is 39.2 Å². The number of fused-ring (bicyclic) bond motifs is 1. The van der Waals surface area contributed by atoms with Crippen molar-refractivity contribution in [1.82, 2.24) is 0 Å². The van der Waals surface area contributed by atoms with Crippen molar-refractivity contribution in [2.75, 3.05) is 11.9 Å². The summed E-state index contributed by atoms with van der Waals surface area (Å²) in [5, 5.41) is 3.62. The lowest BCUT2D eigenvalue weighted by molar-refractivity contribution is 0.0528. The van der Waals surface area contributed by atoms with E-state index < -0.39 is 17.5 Å². The Morgan fingerprint density at radius 2 is 1.73 bits per heavy atom. The van der Waals surface area contributed by atoms with Crippen LogP contribution < -0.4 is 10.9 Å². The van der Waals surface area contributed by atoms with Crippen molar-refractivity contribution in [3.05, 3.63) is 88.3 Å². The Bertz CT molecular complexity index is 1290. The lowest BCUT2D eigenvalue weighted by Crippen LogP contribution is -2.21. The lowest BCUT2D eigenvalue weighted by Gasteiger charge is -2.06. The van der Waals surface area contributed by atoms with Gasteiger partial charge < -0.3 is 14.5 Å². The first-order valence-corrected chi connectivity index (χ1v) is 10.1. The van der Waals surface area contributed by atoms with Gasteiger partial charge in [0, 0.05) is 10.3 Å². The minimum absolute atomic E-state index is 0.141. The predicted octanol–water partition coefficient (Wildman–Crippen LogP) is 4.95. The Kier molecular flexibility index (Phi) is 5.45. The summed E-state index contributed by atoms with van der Waals surface area (Å²) < 4.78 is 10.4. The maximum atomic E-state index is 12.8. The van der Waals surface area contributed by atoms with Crippen LogP contribution in [0.15, 0.2) is 75.9 Å². The van der Waals surface area contributed by atoms with Gasteiger partial charge in [0.2, 0.25) is 0 Å². The van der Waals surface area contributed by atoms with Crippen molar-refractivity contribution in [2.45, 2.75) is 6.92 Å². The van der Waals surface area contributed by atoms with Crippen LogP contribution in [0.1, 0.15) is 27.6 Å². The quantitative estimate of drug-likeness (QED) is 0.365. The van der Waals surface area contributed by atoms with Crippen molar-refractivity contribution in [3.63, 3.8) is 0 Å². The van der Waals surface area contributed by atoms with Gasteiger partial charge in [-0.2, -0.15) is 0 Å². The highest BCUT2D eigenvalue weighted by Gasteiger charge is 2.22. The number of amides is 1. The smallest absolute Gasteiger partial charge is 0.349 e. The highest BCUT2D eigenvalue weighted by molar-refractivity contribution is 7.20. The summed E-state index contributed by atoms with van der Waals surface area (Å²) in [5.41, 5.74) is 0.647. The Labute approximate surface area is 175 Å². The average molecular weight is 419 g/mol. The number of nitrogens with one attached hydrogen (secondary N) is 1. The zero-order valence-corrected chi connectivity index (χ0v) is 16.8. The van der Waals surface area contributed by atoms with Gasteiger partial charge in [-0.25, -0.2) is 9.59 Å². The Balaban J connectivity index is 1.72. The van der Waals surface area contributed by atoms with Crippen LogP contribution in [0.4, 0.5) is 5.00 Å². The van der Waals surface area contributed by atoms with E-state index in [9.17, 15) is 14.4 Å². The second-order valence-electron chi connectivity index (χ2n) is 6.38. The molecule has 1 amide bonds. The number of hydrogen-bond acceptors (Lipinski definition) is 6. The van der Waals surface area contributed by atoms with E-state index in [1.807, 2.05) is 30.3 Å². The first kappa shape index (κ1) is 19.6. The molecule has 2 aromatic carbocycles. The van der Waals surface area contributed by atoms with Crippen LogP contribution in [0.3, 0.4) is 0 Å². The van der Waals surface area contributed by atoms with Crippen LogP contribution in [0.25, 0.3) is 21.4 Å². The fraction of sp³-hybridized carbons (Fsp3) is 0.0870. The van der Waals surface area contributed by atoms with E-state index in [0.717, 1.165) is 10.4 Å². The van der Waals surface area contributed by atoms with E-state index in [1.165, 1.54) is 17.4 Å². The summed E-state index contributed by atoms with van der Waals surface area (Å²) in [7, 11) is 0. The number of carbonyl (C=O) groups is 2. The summed E-state index contributed by atoms with van der Waals surface area (Å²) in [6.45, 7) is 1.91. The minimum Gasteiger partial charge on any atom is -0.462 e. The molecule has 0 aliphatic heterocycles. The summed E-state index contributed by atoms with van der Waals surface area (Å²) in [6.07, 6.45) is 0. The number of carbonyl (C=O) groups excluding carboxylic acids is 2. The van der Waals surface area contributed by atoms with Crippen LogP contribution in [-0.4, -0.2) is 18.5 Å². The molecular formula is C23H17NO5S. The van der Waals surface area contributed by atoms with Gasteiger partial charge in [0.15, 0.2) is 0 Å². The molecule has 0 atom stereocenters. The van der Waals surface area contributed by atoms with Crippen LogP contribution >= 0.6 is 11.3 Å². The van der Waals surface area contributed by atoms with E-state index in [0.29, 0.717) is 16.0 Å². The standard InChI is InChI=1S/C23H17NO5S/c1-2-28-22(26)17-13-19(14-8-4-3-5-9-14)30-21(17)24-20(25)16-12-15-10-6-7-11-18(15)29-23(16)27/h3-13H,2H2,1H3,(H,24,25). The molecule has 30 heavy (non-hydrogen) atoms. The molecule has 2 aromatic heterocycles. The third-order valence-corrected chi connectivity index (χ3v) is 5.50. The molecule has 1 N–H and O–H groups in total. The Morgan fingerprint density at radius 1 is 1.00 bits per heavy atom. The van der Waals surface area contributed by atoms with Crippen LogP contribution in [0.2, 0.25) is 0 Å². The molecule has 0 saturated carbocycles. The second-order valence-corrected chi connectivity index (χ2v) is 7.43. The lowest BCUT2D eigenvalue weighted by atomic mass is 10.1. The van der Waals surface area contributed by atoms with Gasteiger partial charge in [-0.1, -0.05) is 48.5 Å². The molecule has 4 rings (SSSR count). The molecule has 2 heterocycles. The summed E-state index contributed by atoms with van der Waals surface area (Å²) in [4.78, 5) is 38.4. The largest absolute Gasteiger partial charge is 0.462 e. The summed E-state index contributed by atoms with van der Waals surface area (Å²) in [5.74, 6) is -1.20. The zero-order chi connectivity index (χ0) is 21.1. The molecule has 0 aliphatic rings. The predicted molar refractivity (Wildman–Crippen MR) is 116 cm³/mol. The van der Waals surface area contributed by atoms with E-state index >= 15 is 0 Å². The molecular weight excluding hydrogens is 402 g/mol. The number of esters is 1.